The van der Waals surface area contributed by atoms with Crippen LogP contribution in [0.5, 0.6) is 0 Å². The quantitative estimate of drug-likeness (QED) is 0.314. The summed E-state index contributed by atoms with van der Waals surface area (Å²) in [5, 5.41) is 15.5. The van der Waals surface area contributed by atoms with Crippen LogP contribution in [0.4, 0.5) is 10.2 Å². The second-order valence-electron chi connectivity index (χ2n) is 10.7. The highest BCUT2D eigenvalue weighted by Gasteiger charge is 2.23. The smallest absolute Gasteiger partial charge is 0.326 e. The molecule has 1 aliphatic rings. The van der Waals surface area contributed by atoms with Gasteiger partial charge in [-0.15, -0.1) is 0 Å². The van der Waals surface area contributed by atoms with E-state index in [0.717, 1.165) is 56.7 Å². The van der Waals surface area contributed by atoms with Crippen molar-refractivity contribution in [1.29, 1.82) is 0 Å². The van der Waals surface area contributed by atoms with E-state index in [1.54, 1.807) is 6.07 Å². The third-order valence-corrected chi connectivity index (χ3v) is 6.51. The Morgan fingerprint density at radius 1 is 1.16 bits per heavy atom. The maximum atomic E-state index is 14.0. The Bertz CT molecular complexity index is 1070. The molecule has 9 heteroatoms. The summed E-state index contributed by atoms with van der Waals surface area (Å²) in [7, 11) is 0. The van der Waals surface area contributed by atoms with E-state index < -0.39 is 23.7 Å². The van der Waals surface area contributed by atoms with Gasteiger partial charge in [0, 0.05) is 25.3 Å². The molecule has 3 N–H and O–H groups in total. The SMILES string of the molecule is CC(C)(C)OCCN(CCCCc1ccc2c(n1)NCCC2)CCC(NC(=O)c1ccccc1F)C(=O)O. The lowest BCUT2D eigenvalue weighted by Gasteiger charge is -2.27. The van der Waals surface area contributed by atoms with Crippen LogP contribution < -0.4 is 10.6 Å². The van der Waals surface area contributed by atoms with Gasteiger partial charge in [0.05, 0.1) is 17.8 Å². The van der Waals surface area contributed by atoms with Crippen LogP contribution in [0.2, 0.25) is 0 Å². The highest BCUT2D eigenvalue weighted by Crippen LogP contribution is 2.20. The number of ether oxygens (including phenoxy) is 1. The molecule has 2 aromatic rings. The number of carbonyl (C=O) groups excluding carboxylic acids is 1. The average Bonchev–Trinajstić information content (AvgIpc) is 2.87. The van der Waals surface area contributed by atoms with E-state index in [4.69, 9.17) is 9.72 Å². The first-order valence-corrected chi connectivity index (χ1v) is 13.5. The molecule has 3 rings (SSSR count). The maximum absolute atomic E-state index is 14.0. The normalized spacial score (nSPS) is 14.0. The van der Waals surface area contributed by atoms with Crippen molar-refractivity contribution in [3.8, 4) is 0 Å². The summed E-state index contributed by atoms with van der Waals surface area (Å²) in [5.41, 5.74) is 1.91. The van der Waals surface area contributed by atoms with Gasteiger partial charge >= 0.3 is 5.97 Å². The number of anilines is 1. The summed E-state index contributed by atoms with van der Waals surface area (Å²) in [6.45, 7) is 9.34. The first-order chi connectivity index (χ1) is 18.1. The van der Waals surface area contributed by atoms with Gasteiger partial charge in [-0.05, 0) is 89.6 Å². The van der Waals surface area contributed by atoms with Crippen molar-refractivity contribution < 1.29 is 23.8 Å². The molecular weight excluding hydrogens is 487 g/mol. The third kappa shape index (κ3) is 9.68. The molecule has 1 aromatic heterocycles. The number of hydrogen-bond donors (Lipinski definition) is 3. The minimum Gasteiger partial charge on any atom is -0.480 e. The molecule has 0 bridgehead atoms. The van der Waals surface area contributed by atoms with Gasteiger partial charge < -0.3 is 25.4 Å². The molecule has 1 aromatic carbocycles. The number of aromatic nitrogens is 1. The van der Waals surface area contributed by atoms with Gasteiger partial charge in [-0.1, -0.05) is 18.2 Å². The summed E-state index contributed by atoms with van der Waals surface area (Å²) in [6.07, 6.45) is 5.15. The van der Waals surface area contributed by atoms with Gasteiger partial charge in [0.1, 0.15) is 17.7 Å². The van der Waals surface area contributed by atoms with E-state index in [-0.39, 0.29) is 17.6 Å². The van der Waals surface area contributed by atoms with E-state index in [2.05, 4.69) is 27.7 Å². The molecule has 0 aliphatic carbocycles. The van der Waals surface area contributed by atoms with Gasteiger partial charge in [-0.3, -0.25) is 4.79 Å². The van der Waals surface area contributed by atoms with E-state index in [0.29, 0.717) is 19.7 Å². The van der Waals surface area contributed by atoms with Crippen LogP contribution in [0.25, 0.3) is 0 Å². The number of nitrogens with one attached hydrogen (secondary N) is 2. The zero-order chi connectivity index (χ0) is 27.5. The van der Waals surface area contributed by atoms with E-state index >= 15 is 0 Å². The number of benzene rings is 1. The number of aryl methyl sites for hydroxylation is 2. The molecule has 0 fully saturated rings. The van der Waals surface area contributed by atoms with Crippen LogP contribution in [-0.2, 0) is 22.4 Å². The Balaban J connectivity index is 1.53. The molecular formula is C29H41FN4O4. The lowest BCUT2D eigenvalue weighted by atomic mass is 10.1. The minimum absolute atomic E-state index is 0.167. The number of rotatable bonds is 14. The van der Waals surface area contributed by atoms with Crippen molar-refractivity contribution in [2.75, 3.05) is 38.1 Å². The van der Waals surface area contributed by atoms with Gasteiger partial charge in [0.25, 0.3) is 5.91 Å². The Hall–Kier alpha value is -3.04. The van der Waals surface area contributed by atoms with Crippen molar-refractivity contribution in [2.45, 2.75) is 70.9 Å². The maximum Gasteiger partial charge on any atom is 0.326 e. The number of nitrogens with zero attached hydrogens (tertiary/aromatic N) is 2. The van der Waals surface area contributed by atoms with Crippen LogP contribution in [0.1, 0.15) is 68.1 Å². The minimum atomic E-state index is -1.15. The molecule has 0 saturated heterocycles. The first-order valence-electron chi connectivity index (χ1n) is 13.5. The molecule has 0 radical (unpaired) electrons. The molecule has 1 atom stereocenters. The number of hydrogen-bond acceptors (Lipinski definition) is 6. The predicted molar refractivity (Wildman–Crippen MR) is 146 cm³/mol. The molecule has 0 spiro atoms. The van der Waals surface area contributed by atoms with Crippen molar-refractivity contribution >= 4 is 17.7 Å². The standard InChI is InChI=1S/C29H41FN4O4/c1-29(2,3)38-20-19-34(17-7-6-10-22-14-13-21-9-8-16-31-26(21)32-22)18-15-25(28(36)37)33-27(35)23-11-4-5-12-24(23)30/h4-5,11-14,25H,6-10,15-20H2,1-3H3,(H,31,32)(H,33,35)(H,36,37). The fourth-order valence-electron chi connectivity index (χ4n) is 4.42. The molecule has 0 saturated carbocycles. The number of unbranched alkanes of at least 4 members (excludes halogenated alkanes) is 1. The van der Waals surface area contributed by atoms with Crippen LogP contribution in [0.15, 0.2) is 36.4 Å². The number of carbonyl (C=O) groups is 2. The number of pyridine rings is 1. The summed E-state index contributed by atoms with van der Waals surface area (Å²) in [5.74, 6) is -1.55. The monoisotopic (exact) mass is 528 g/mol. The van der Waals surface area contributed by atoms with E-state index in [1.165, 1.54) is 23.8 Å². The van der Waals surface area contributed by atoms with Crippen molar-refractivity contribution in [3.05, 3.63) is 59.0 Å². The Morgan fingerprint density at radius 2 is 1.95 bits per heavy atom. The molecule has 8 nitrogen and oxygen atoms in total. The largest absolute Gasteiger partial charge is 0.480 e. The van der Waals surface area contributed by atoms with Gasteiger partial charge in [0.15, 0.2) is 0 Å². The Labute approximate surface area is 225 Å². The van der Waals surface area contributed by atoms with Gasteiger partial charge in [-0.25, -0.2) is 14.2 Å². The van der Waals surface area contributed by atoms with Crippen molar-refractivity contribution in [3.63, 3.8) is 0 Å². The fourth-order valence-corrected chi connectivity index (χ4v) is 4.42. The summed E-state index contributed by atoms with van der Waals surface area (Å²) >= 11 is 0. The molecule has 1 aliphatic heterocycles. The zero-order valence-corrected chi connectivity index (χ0v) is 22.8. The predicted octanol–water partition coefficient (Wildman–Crippen LogP) is 4.29. The highest BCUT2D eigenvalue weighted by atomic mass is 19.1. The third-order valence-electron chi connectivity index (χ3n) is 6.51. The summed E-state index contributed by atoms with van der Waals surface area (Å²) in [4.78, 5) is 31.3. The molecule has 1 amide bonds. The lowest BCUT2D eigenvalue weighted by Crippen LogP contribution is -2.44. The van der Waals surface area contributed by atoms with Crippen LogP contribution in [0.3, 0.4) is 0 Å². The lowest BCUT2D eigenvalue weighted by molar-refractivity contribution is -0.139. The zero-order valence-electron chi connectivity index (χ0n) is 22.8. The Kier molecular flexibility index (Phi) is 11.0. The van der Waals surface area contributed by atoms with E-state index in [1.807, 2.05) is 20.8 Å². The average molecular weight is 529 g/mol. The topological polar surface area (TPSA) is 104 Å². The second kappa shape index (κ2) is 14.2. The summed E-state index contributed by atoms with van der Waals surface area (Å²) in [6, 6.07) is 8.70. The number of amides is 1. The number of halogens is 1. The first kappa shape index (κ1) is 29.5. The number of fused-ring (bicyclic) bond motifs is 1. The number of carboxylic acid groups (broad SMARTS) is 1. The second-order valence-corrected chi connectivity index (χ2v) is 10.7. The highest BCUT2D eigenvalue weighted by molar-refractivity contribution is 5.96. The molecule has 2 heterocycles. The van der Waals surface area contributed by atoms with Crippen molar-refractivity contribution in [1.82, 2.24) is 15.2 Å². The molecule has 1 unspecified atom stereocenters. The molecule has 38 heavy (non-hydrogen) atoms. The van der Waals surface area contributed by atoms with Crippen LogP contribution in [0, 0.1) is 5.82 Å². The fraction of sp³-hybridized carbons (Fsp3) is 0.552. The number of aliphatic carboxylic acids is 1. The van der Waals surface area contributed by atoms with Gasteiger partial charge in [-0.2, -0.15) is 0 Å². The number of carboxylic acids is 1. The van der Waals surface area contributed by atoms with Crippen LogP contribution in [-0.4, -0.2) is 71.3 Å². The Morgan fingerprint density at radius 3 is 2.68 bits per heavy atom. The molecule has 208 valence electrons. The summed E-state index contributed by atoms with van der Waals surface area (Å²) < 4.78 is 19.9. The van der Waals surface area contributed by atoms with E-state index in [9.17, 15) is 19.1 Å². The van der Waals surface area contributed by atoms with Crippen molar-refractivity contribution in [2.24, 2.45) is 0 Å². The van der Waals surface area contributed by atoms with Crippen LogP contribution >= 0.6 is 0 Å². The van der Waals surface area contributed by atoms with Gasteiger partial charge in [0.2, 0.25) is 0 Å².